The van der Waals surface area contributed by atoms with Crippen LogP contribution in [0.1, 0.15) is 30.5 Å². The molecule has 222 valence electrons. The number of aromatic nitrogens is 2. The topological polar surface area (TPSA) is 32.3 Å². The minimum absolute atomic E-state index is 0.882. The second kappa shape index (κ2) is 10.8. The number of anilines is 3. The number of hydrogen-bond acceptors (Lipinski definition) is 5. The van der Waals surface area contributed by atoms with E-state index in [1.54, 1.807) is 0 Å². The maximum Gasteiger partial charge on any atom is 0.0751 e. The molecule has 7 rings (SSSR count). The lowest BCUT2D eigenvalue weighted by atomic mass is 10.1. The van der Waals surface area contributed by atoms with E-state index in [0.29, 0.717) is 0 Å². The molecule has 0 amide bonds. The summed E-state index contributed by atoms with van der Waals surface area (Å²) in [5.41, 5.74) is 11.2. The van der Waals surface area contributed by atoms with Gasteiger partial charge in [-0.2, -0.15) is 0 Å². The van der Waals surface area contributed by atoms with Gasteiger partial charge in [0.15, 0.2) is 0 Å². The van der Waals surface area contributed by atoms with Gasteiger partial charge in [-0.05, 0) is 92.7 Å². The third kappa shape index (κ3) is 4.42. The summed E-state index contributed by atoms with van der Waals surface area (Å²) >= 11 is 13.7. The molecule has 0 spiro atoms. The summed E-state index contributed by atoms with van der Waals surface area (Å²) in [5, 5.41) is 4.98. The van der Waals surface area contributed by atoms with Crippen molar-refractivity contribution >= 4 is 74.1 Å². The van der Waals surface area contributed by atoms with Gasteiger partial charge in [-0.25, -0.2) is 0 Å². The normalized spacial score (nSPS) is 19.8. The average molecular weight is 651 g/mol. The zero-order valence-corrected chi connectivity index (χ0v) is 29.4. The van der Waals surface area contributed by atoms with Gasteiger partial charge in [0.2, 0.25) is 0 Å². The highest BCUT2D eigenvalue weighted by Crippen LogP contribution is 2.62. The first-order valence-electron chi connectivity index (χ1n) is 15.1. The van der Waals surface area contributed by atoms with Gasteiger partial charge < -0.3 is 4.90 Å². The molecule has 4 nitrogen and oxygen atoms in total. The number of aryl methyl sites for hydroxylation is 3. The fourth-order valence-electron chi connectivity index (χ4n) is 6.69. The van der Waals surface area contributed by atoms with Crippen LogP contribution in [0.4, 0.5) is 17.1 Å². The third-order valence-electron chi connectivity index (χ3n) is 8.99. The molecular weight excluding hydrogens is 615 g/mol. The minimum Gasteiger partial charge on any atom is -0.308 e. The molecule has 2 unspecified atom stereocenters. The highest BCUT2D eigenvalue weighted by molar-refractivity contribution is 8.22. The van der Waals surface area contributed by atoms with Crippen molar-refractivity contribution < 1.29 is 0 Å². The summed E-state index contributed by atoms with van der Waals surface area (Å²) in [6.45, 7) is 14.9. The lowest BCUT2D eigenvalue weighted by Gasteiger charge is -2.48. The Kier molecular flexibility index (Phi) is 7.31. The fraction of sp³-hybridized carbons (Fsp3) is 0.222. The Morgan fingerprint density at radius 1 is 0.636 bits per heavy atom. The standard InChI is InChI=1S/C36H36N4P2S2/c1-7-39(8-2)42(44)33-20-27(29-14-10-24(4)22-38-29)12-16-31(33)40-30-15-11-26(28-13-9-23(3)21-37-28)19-32(30)41(6,43)34-17-25(5)18-35(42)36(34)40/h9-22H,7-8H2,1-6H3. The van der Waals surface area contributed by atoms with Crippen molar-refractivity contribution in [1.29, 1.82) is 0 Å². The second-order valence-electron chi connectivity index (χ2n) is 12.0. The van der Waals surface area contributed by atoms with E-state index in [-0.39, 0.29) is 0 Å². The van der Waals surface area contributed by atoms with Crippen LogP contribution in [0.25, 0.3) is 22.5 Å². The van der Waals surface area contributed by atoms with Crippen molar-refractivity contribution in [2.24, 2.45) is 0 Å². The first kappa shape index (κ1) is 29.7. The largest absolute Gasteiger partial charge is 0.308 e. The predicted molar refractivity (Wildman–Crippen MR) is 198 cm³/mol. The van der Waals surface area contributed by atoms with Crippen LogP contribution >= 0.6 is 12.2 Å². The zero-order chi connectivity index (χ0) is 31.0. The Bertz CT molecular complexity index is 2050. The van der Waals surface area contributed by atoms with Crippen molar-refractivity contribution in [3.05, 3.63) is 102 Å². The number of nitrogens with zero attached hydrogens (tertiary/aromatic N) is 4. The molecule has 2 aromatic heterocycles. The molecule has 2 atom stereocenters. The highest BCUT2D eigenvalue weighted by Gasteiger charge is 2.45. The molecule has 0 aliphatic carbocycles. The molecule has 0 N–H and O–H groups in total. The fourth-order valence-corrected chi connectivity index (χ4v) is 14.9. The molecule has 8 heteroatoms. The van der Waals surface area contributed by atoms with Crippen LogP contribution < -0.4 is 26.1 Å². The highest BCUT2D eigenvalue weighted by atomic mass is 32.4. The Morgan fingerprint density at radius 3 is 1.68 bits per heavy atom. The molecule has 2 aliphatic rings. The van der Waals surface area contributed by atoms with E-state index in [9.17, 15) is 0 Å². The molecule has 0 saturated heterocycles. The maximum atomic E-state index is 6.99. The second-order valence-corrected chi connectivity index (χ2v) is 21.2. The monoisotopic (exact) mass is 650 g/mol. The van der Waals surface area contributed by atoms with Gasteiger partial charge in [0, 0.05) is 63.9 Å². The molecule has 0 radical (unpaired) electrons. The molecule has 0 saturated carbocycles. The Hall–Kier alpha value is -2.98. The van der Waals surface area contributed by atoms with E-state index in [2.05, 4.69) is 124 Å². The van der Waals surface area contributed by atoms with Gasteiger partial charge in [0.05, 0.1) is 34.6 Å². The van der Waals surface area contributed by atoms with Gasteiger partial charge in [-0.15, -0.1) is 0 Å². The molecule has 3 aromatic carbocycles. The molecule has 0 bridgehead atoms. The summed E-state index contributed by atoms with van der Waals surface area (Å²) in [4.78, 5) is 12.0. The van der Waals surface area contributed by atoms with Gasteiger partial charge in [-0.3, -0.25) is 14.6 Å². The Labute approximate surface area is 271 Å². The van der Waals surface area contributed by atoms with Crippen LogP contribution in [0.2, 0.25) is 0 Å². The van der Waals surface area contributed by atoms with Crippen molar-refractivity contribution in [1.82, 2.24) is 14.6 Å². The van der Waals surface area contributed by atoms with E-state index in [4.69, 9.17) is 33.6 Å². The smallest absolute Gasteiger partial charge is 0.0751 e. The summed E-state index contributed by atoms with van der Waals surface area (Å²) in [6.07, 6.45) is 1.47. The summed E-state index contributed by atoms with van der Waals surface area (Å²) in [5.74, 6) is 0. The van der Waals surface area contributed by atoms with Crippen molar-refractivity contribution in [2.75, 3.05) is 24.7 Å². The number of pyridine rings is 2. The van der Waals surface area contributed by atoms with E-state index in [1.165, 1.54) is 32.5 Å². The number of fused-ring (bicyclic) bond motifs is 4. The van der Waals surface area contributed by atoms with Gasteiger partial charge >= 0.3 is 0 Å². The molecule has 0 fully saturated rings. The average Bonchev–Trinajstić information content (AvgIpc) is 3.02. The molecule has 4 heterocycles. The Balaban J connectivity index is 1.54. The van der Waals surface area contributed by atoms with Crippen molar-refractivity contribution in [2.45, 2.75) is 34.6 Å². The van der Waals surface area contributed by atoms with E-state index in [1.807, 2.05) is 12.4 Å². The molecule has 2 aliphatic heterocycles. The zero-order valence-electron chi connectivity index (χ0n) is 26.0. The molecule has 44 heavy (non-hydrogen) atoms. The van der Waals surface area contributed by atoms with Gasteiger partial charge in [0.1, 0.15) is 0 Å². The first-order valence-corrected chi connectivity index (χ1v) is 21.1. The van der Waals surface area contributed by atoms with Crippen LogP contribution in [-0.4, -0.2) is 34.4 Å². The molecule has 5 aromatic rings. The summed E-state index contributed by atoms with van der Waals surface area (Å²) in [6, 6.07) is 24.6. The van der Waals surface area contributed by atoms with Crippen LogP contribution in [0.5, 0.6) is 0 Å². The lowest BCUT2D eigenvalue weighted by Crippen LogP contribution is -2.46. The van der Waals surface area contributed by atoms with E-state index >= 15 is 0 Å². The van der Waals surface area contributed by atoms with E-state index in [0.717, 1.165) is 58.1 Å². The quantitative estimate of drug-likeness (QED) is 0.183. The Morgan fingerprint density at radius 2 is 1.16 bits per heavy atom. The third-order valence-corrected chi connectivity index (χ3v) is 17.9. The SMILES string of the molecule is CCN(CC)P1(=S)c2cc(-c3ccc(C)cn3)ccc2N2c3ccc(-c4ccc(C)cn4)cc3P(C)(=S)c3cc(C)cc1c32. The molecular formula is C36H36N4P2S2. The minimum atomic E-state index is -2.40. The van der Waals surface area contributed by atoms with Gasteiger partial charge in [0.25, 0.3) is 0 Å². The van der Waals surface area contributed by atoms with E-state index < -0.39 is 12.2 Å². The van der Waals surface area contributed by atoms with Gasteiger partial charge in [-0.1, -0.05) is 61.7 Å². The lowest BCUT2D eigenvalue weighted by molar-refractivity contribution is 0.513. The number of rotatable bonds is 5. The number of benzene rings is 3. The van der Waals surface area contributed by atoms with Crippen LogP contribution in [0.3, 0.4) is 0 Å². The van der Waals surface area contributed by atoms with Crippen LogP contribution in [-0.2, 0) is 23.6 Å². The number of hydrogen-bond donors (Lipinski definition) is 0. The first-order chi connectivity index (χ1) is 21.1. The van der Waals surface area contributed by atoms with Crippen molar-refractivity contribution in [3.63, 3.8) is 0 Å². The van der Waals surface area contributed by atoms with Crippen LogP contribution in [0, 0.1) is 20.8 Å². The maximum absolute atomic E-state index is 6.99. The summed E-state index contributed by atoms with van der Waals surface area (Å²) < 4.78 is 2.53. The summed E-state index contributed by atoms with van der Waals surface area (Å²) in [7, 11) is 0. The van der Waals surface area contributed by atoms with Crippen LogP contribution in [0.15, 0.2) is 85.2 Å². The predicted octanol–water partition coefficient (Wildman–Crippen LogP) is 7.58. The van der Waals surface area contributed by atoms with Crippen molar-refractivity contribution in [3.8, 4) is 22.5 Å².